The Bertz CT molecular complexity index is 993. The first kappa shape index (κ1) is 22.1. The van der Waals surface area contributed by atoms with E-state index >= 15 is 0 Å². The summed E-state index contributed by atoms with van der Waals surface area (Å²) in [6, 6.07) is 14.2. The lowest BCUT2D eigenvalue weighted by molar-refractivity contribution is -0.131. The molecule has 0 bridgehead atoms. The molecule has 2 aromatic rings. The third-order valence-electron chi connectivity index (χ3n) is 6.90. The largest absolute Gasteiger partial charge is 0.497 e. The molecule has 2 fully saturated rings. The first-order chi connectivity index (χ1) is 15.5. The quantitative estimate of drug-likeness (QED) is 0.502. The fourth-order valence-corrected chi connectivity index (χ4v) is 4.90. The number of methoxy groups -OCH3 is 1. The van der Waals surface area contributed by atoms with Gasteiger partial charge in [0.15, 0.2) is 5.78 Å². The van der Waals surface area contributed by atoms with E-state index in [9.17, 15) is 14.4 Å². The Balaban J connectivity index is 1.49. The predicted octanol–water partition coefficient (Wildman–Crippen LogP) is 4.78. The van der Waals surface area contributed by atoms with Crippen LogP contribution in [-0.4, -0.2) is 36.3 Å². The van der Waals surface area contributed by atoms with E-state index in [0.29, 0.717) is 29.2 Å². The van der Waals surface area contributed by atoms with Crippen LogP contribution in [0.1, 0.15) is 72.9 Å². The van der Waals surface area contributed by atoms with Crippen molar-refractivity contribution < 1.29 is 19.1 Å². The monoisotopic (exact) mass is 434 g/mol. The van der Waals surface area contributed by atoms with E-state index in [0.717, 1.165) is 4.90 Å². The molecule has 2 aliphatic rings. The van der Waals surface area contributed by atoms with Crippen molar-refractivity contribution in [2.75, 3.05) is 13.7 Å². The first-order valence-electron chi connectivity index (χ1n) is 11.4. The summed E-state index contributed by atoms with van der Waals surface area (Å²) in [5, 5.41) is 2.82. The molecule has 6 nitrogen and oxygen atoms in total. The van der Waals surface area contributed by atoms with Crippen molar-refractivity contribution in [1.29, 1.82) is 0 Å². The Morgan fingerprint density at radius 3 is 2.28 bits per heavy atom. The molecule has 1 saturated carbocycles. The van der Waals surface area contributed by atoms with Gasteiger partial charge in [0.05, 0.1) is 13.7 Å². The van der Waals surface area contributed by atoms with Crippen LogP contribution in [0.25, 0.3) is 0 Å². The van der Waals surface area contributed by atoms with E-state index in [1.54, 1.807) is 31.4 Å². The SMILES string of the molecule is CC[C@@]1(c2ccc(OC)cc2)NC(=O)N(CC(=O)c2ccc(C3CCCCC3)cc2)C1=O. The molecule has 0 aromatic heterocycles. The number of urea groups is 1. The highest BCUT2D eigenvalue weighted by atomic mass is 16.5. The van der Waals surface area contributed by atoms with Gasteiger partial charge in [0.2, 0.25) is 0 Å². The van der Waals surface area contributed by atoms with E-state index in [4.69, 9.17) is 4.74 Å². The van der Waals surface area contributed by atoms with Gasteiger partial charge < -0.3 is 10.1 Å². The van der Waals surface area contributed by atoms with Gasteiger partial charge in [-0.25, -0.2) is 4.79 Å². The normalized spacial score (nSPS) is 21.5. The maximum Gasteiger partial charge on any atom is 0.325 e. The summed E-state index contributed by atoms with van der Waals surface area (Å²) in [5.41, 5.74) is 1.28. The second-order valence-electron chi connectivity index (χ2n) is 8.69. The van der Waals surface area contributed by atoms with Gasteiger partial charge in [0.25, 0.3) is 5.91 Å². The molecule has 0 spiro atoms. The van der Waals surface area contributed by atoms with Crippen LogP contribution in [-0.2, 0) is 10.3 Å². The second-order valence-corrected chi connectivity index (χ2v) is 8.69. The first-order valence-corrected chi connectivity index (χ1v) is 11.4. The molecule has 1 atom stereocenters. The van der Waals surface area contributed by atoms with E-state index in [1.807, 2.05) is 31.2 Å². The lowest BCUT2D eigenvalue weighted by Gasteiger charge is -2.26. The number of hydrogen-bond donors (Lipinski definition) is 1. The summed E-state index contributed by atoms with van der Waals surface area (Å²) >= 11 is 0. The number of nitrogens with one attached hydrogen (secondary N) is 1. The van der Waals surface area contributed by atoms with Crippen molar-refractivity contribution in [3.8, 4) is 5.75 Å². The Morgan fingerprint density at radius 2 is 1.69 bits per heavy atom. The summed E-state index contributed by atoms with van der Waals surface area (Å²) in [5.74, 6) is 0.585. The molecule has 4 rings (SSSR count). The minimum absolute atomic E-state index is 0.245. The van der Waals surface area contributed by atoms with Crippen molar-refractivity contribution in [2.45, 2.75) is 56.9 Å². The number of nitrogens with zero attached hydrogens (tertiary/aromatic N) is 1. The molecule has 0 radical (unpaired) electrons. The highest BCUT2D eigenvalue weighted by Gasteiger charge is 2.51. The third kappa shape index (κ3) is 4.01. The van der Waals surface area contributed by atoms with Crippen LogP contribution in [0.2, 0.25) is 0 Å². The van der Waals surface area contributed by atoms with Gasteiger partial charge >= 0.3 is 6.03 Å². The van der Waals surface area contributed by atoms with Crippen LogP contribution >= 0.6 is 0 Å². The van der Waals surface area contributed by atoms with Crippen molar-refractivity contribution in [3.63, 3.8) is 0 Å². The van der Waals surface area contributed by atoms with Gasteiger partial charge in [-0.3, -0.25) is 14.5 Å². The van der Waals surface area contributed by atoms with Gasteiger partial charge in [-0.05, 0) is 48.4 Å². The van der Waals surface area contributed by atoms with E-state index < -0.39 is 17.5 Å². The van der Waals surface area contributed by atoms with Crippen molar-refractivity contribution in [3.05, 3.63) is 65.2 Å². The molecule has 1 N–H and O–H groups in total. The number of rotatable bonds is 7. The van der Waals surface area contributed by atoms with Crippen LogP contribution in [0, 0.1) is 0 Å². The fraction of sp³-hybridized carbons (Fsp3) is 0.423. The highest BCUT2D eigenvalue weighted by Crippen LogP contribution is 2.34. The molecule has 0 unspecified atom stereocenters. The topological polar surface area (TPSA) is 75.7 Å². The van der Waals surface area contributed by atoms with Crippen molar-refractivity contribution >= 4 is 17.7 Å². The molecule has 6 heteroatoms. The Labute approximate surface area is 188 Å². The molecule has 1 aliphatic carbocycles. The molecular formula is C26H30N2O4. The average Bonchev–Trinajstić information content (AvgIpc) is 3.09. The Morgan fingerprint density at radius 1 is 1.03 bits per heavy atom. The minimum Gasteiger partial charge on any atom is -0.497 e. The van der Waals surface area contributed by atoms with Crippen LogP contribution in [0.5, 0.6) is 5.75 Å². The van der Waals surface area contributed by atoms with E-state index in [-0.39, 0.29) is 12.3 Å². The van der Waals surface area contributed by atoms with Gasteiger partial charge in [0, 0.05) is 5.56 Å². The number of ketones is 1. The smallest absolute Gasteiger partial charge is 0.325 e. The number of Topliss-reactive ketones (excluding diaryl/α,β-unsaturated/α-hetero) is 1. The van der Waals surface area contributed by atoms with Crippen molar-refractivity contribution in [2.24, 2.45) is 0 Å². The summed E-state index contributed by atoms with van der Waals surface area (Å²) in [6.45, 7) is 1.57. The Kier molecular flexibility index (Phi) is 6.31. The highest BCUT2D eigenvalue weighted by molar-refractivity contribution is 6.11. The van der Waals surface area contributed by atoms with E-state index in [1.165, 1.54) is 37.7 Å². The number of ether oxygens (including phenoxy) is 1. The van der Waals surface area contributed by atoms with Gasteiger partial charge in [0.1, 0.15) is 11.3 Å². The Hall–Kier alpha value is -3.15. The molecule has 1 aliphatic heterocycles. The van der Waals surface area contributed by atoms with Gasteiger partial charge in [-0.1, -0.05) is 62.6 Å². The number of benzene rings is 2. The predicted molar refractivity (Wildman–Crippen MR) is 122 cm³/mol. The molecule has 1 heterocycles. The van der Waals surface area contributed by atoms with Gasteiger partial charge in [-0.15, -0.1) is 0 Å². The van der Waals surface area contributed by atoms with Crippen LogP contribution in [0.4, 0.5) is 4.79 Å². The zero-order valence-electron chi connectivity index (χ0n) is 18.7. The summed E-state index contributed by atoms with van der Waals surface area (Å²) in [7, 11) is 1.57. The van der Waals surface area contributed by atoms with Crippen LogP contribution < -0.4 is 10.1 Å². The van der Waals surface area contributed by atoms with Crippen molar-refractivity contribution in [1.82, 2.24) is 10.2 Å². The fourth-order valence-electron chi connectivity index (χ4n) is 4.90. The molecule has 3 amide bonds. The number of carbonyl (C=O) groups is 3. The molecule has 168 valence electrons. The van der Waals surface area contributed by atoms with Crippen LogP contribution in [0.15, 0.2) is 48.5 Å². The van der Waals surface area contributed by atoms with E-state index in [2.05, 4.69) is 5.32 Å². The molecular weight excluding hydrogens is 404 g/mol. The van der Waals surface area contributed by atoms with Crippen LogP contribution in [0.3, 0.4) is 0 Å². The number of imide groups is 1. The maximum atomic E-state index is 13.3. The molecule has 32 heavy (non-hydrogen) atoms. The maximum absolute atomic E-state index is 13.3. The minimum atomic E-state index is -1.17. The lowest BCUT2D eigenvalue weighted by atomic mass is 9.84. The summed E-state index contributed by atoms with van der Waals surface area (Å²) in [4.78, 5) is 40.0. The zero-order chi connectivity index (χ0) is 22.7. The average molecular weight is 435 g/mol. The molecule has 2 aromatic carbocycles. The summed E-state index contributed by atoms with van der Waals surface area (Å²) < 4.78 is 5.19. The third-order valence-corrected chi connectivity index (χ3v) is 6.90. The number of hydrogen-bond acceptors (Lipinski definition) is 4. The standard InChI is InChI=1S/C26H30N2O4/c1-3-26(21-13-15-22(32-2)16-14-21)24(30)28(25(31)27-26)17-23(29)20-11-9-19(10-12-20)18-7-5-4-6-8-18/h9-16,18H,3-8,17H2,1-2H3,(H,27,31)/t26-/m0/s1. The number of amides is 3. The zero-order valence-corrected chi connectivity index (χ0v) is 18.7. The lowest BCUT2D eigenvalue weighted by Crippen LogP contribution is -2.43. The van der Waals surface area contributed by atoms with Gasteiger partial charge in [-0.2, -0.15) is 0 Å². The molecule has 1 saturated heterocycles. The second kappa shape index (κ2) is 9.15. The summed E-state index contributed by atoms with van der Waals surface area (Å²) in [6.07, 6.45) is 6.58. The number of carbonyl (C=O) groups excluding carboxylic acids is 3.